The summed E-state index contributed by atoms with van der Waals surface area (Å²) in [5.41, 5.74) is 1.82. The number of H-pyrrole nitrogens is 1. The van der Waals surface area contributed by atoms with E-state index in [0.29, 0.717) is 11.4 Å². The molecule has 0 saturated heterocycles. The summed E-state index contributed by atoms with van der Waals surface area (Å²) in [6, 6.07) is 17.3. The Labute approximate surface area is 161 Å². The maximum absolute atomic E-state index is 12.3. The lowest BCUT2D eigenvalue weighted by Crippen LogP contribution is -2.17. The summed E-state index contributed by atoms with van der Waals surface area (Å²) in [6.07, 6.45) is 1.38. The van der Waals surface area contributed by atoms with Crippen LogP contribution in [0.25, 0.3) is 0 Å². The second-order valence-electron chi connectivity index (χ2n) is 6.06. The van der Waals surface area contributed by atoms with Crippen LogP contribution in [0.5, 0.6) is 5.75 Å². The Morgan fingerprint density at radius 2 is 1.61 bits per heavy atom. The standard InChI is InChI=1S/C21H19N3O4/c1-14(25)23-16-7-9-17(10-8-16)24-21(27)18-11-19(26)20(12-22-18)28-13-15-5-3-2-4-6-15/h2-12H,13H2,1H3,(H,22,26)(H,23,25)(H,24,27). The Morgan fingerprint density at radius 3 is 2.21 bits per heavy atom. The van der Waals surface area contributed by atoms with Gasteiger partial charge in [-0.3, -0.25) is 14.4 Å². The number of carbonyl (C=O) groups is 2. The molecule has 0 fully saturated rings. The van der Waals surface area contributed by atoms with Crippen molar-refractivity contribution in [2.24, 2.45) is 0 Å². The van der Waals surface area contributed by atoms with Gasteiger partial charge in [0.15, 0.2) is 5.75 Å². The van der Waals surface area contributed by atoms with Crippen molar-refractivity contribution in [3.8, 4) is 5.75 Å². The van der Waals surface area contributed by atoms with Crippen LogP contribution in [0, 0.1) is 0 Å². The van der Waals surface area contributed by atoms with Crippen LogP contribution in [0.1, 0.15) is 23.0 Å². The molecular weight excluding hydrogens is 358 g/mol. The van der Waals surface area contributed by atoms with Crippen molar-refractivity contribution >= 4 is 23.2 Å². The summed E-state index contributed by atoms with van der Waals surface area (Å²) < 4.78 is 5.51. The van der Waals surface area contributed by atoms with Gasteiger partial charge in [0, 0.05) is 30.6 Å². The highest BCUT2D eigenvalue weighted by Crippen LogP contribution is 2.14. The fourth-order valence-electron chi connectivity index (χ4n) is 2.48. The van der Waals surface area contributed by atoms with Gasteiger partial charge >= 0.3 is 0 Å². The molecule has 0 unspecified atom stereocenters. The minimum atomic E-state index is -0.459. The van der Waals surface area contributed by atoms with Crippen molar-refractivity contribution in [1.82, 2.24) is 4.98 Å². The topological polar surface area (TPSA) is 100 Å². The molecule has 0 saturated carbocycles. The first-order valence-electron chi connectivity index (χ1n) is 8.60. The van der Waals surface area contributed by atoms with E-state index < -0.39 is 5.91 Å². The predicted molar refractivity (Wildman–Crippen MR) is 107 cm³/mol. The molecule has 3 N–H and O–H groups in total. The normalized spacial score (nSPS) is 10.2. The third-order valence-electron chi connectivity index (χ3n) is 3.82. The van der Waals surface area contributed by atoms with Crippen LogP contribution in [-0.4, -0.2) is 16.8 Å². The van der Waals surface area contributed by atoms with Crippen molar-refractivity contribution in [1.29, 1.82) is 0 Å². The number of aromatic amines is 1. The first kappa shape index (κ1) is 18.9. The Morgan fingerprint density at radius 1 is 0.964 bits per heavy atom. The van der Waals surface area contributed by atoms with Crippen LogP contribution in [-0.2, 0) is 11.4 Å². The number of amides is 2. The fraction of sp³-hybridized carbons (Fsp3) is 0.0952. The van der Waals surface area contributed by atoms with Gasteiger partial charge in [-0.1, -0.05) is 30.3 Å². The highest BCUT2D eigenvalue weighted by Gasteiger charge is 2.10. The molecule has 1 aromatic heterocycles. The summed E-state index contributed by atoms with van der Waals surface area (Å²) in [5, 5.41) is 5.32. The lowest BCUT2D eigenvalue weighted by atomic mass is 10.2. The summed E-state index contributed by atoms with van der Waals surface area (Å²) in [4.78, 5) is 38.3. The number of rotatable bonds is 6. The van der Waals surface area contributed by atoms with Crippen molar-refractivity contribution in [3.63, 3.8) is 0 Å². The van der Waals surface area contributed by atoms with E-state index in [9.17, 15) is 14.4 Å². The fourth-order valence-corrected chi connectivity index (χ4v) is 2.48. The number of aromatic nitrogens is 1. The summed E-state index contributed by atoms with van der Waals surface area (Å²) in [6.45, 7) is 1.68. The van der Waals surface area contributed by atoms with E-state index in [1.807, 2.05) is 30.3 Å². The molecule has 0 aliphatic rings. The molecule has 0 aliphatic carbocycles. The van der Waals surface area contributed by atoms with E-state index in [4.69, 9.17) is 4.74 Å². The summed E-state index contributed by atoms with van der Waals surface area (Å²) in [5.74, 6) is -0.497. The number of hydrogen-bond acceptors (Lipinski definition) is 4. The van der Waals surface area contributed by atoms with Crippen LogP contribution in [0.4, 0.5) is 11.4 Å². The van der Waals surface area contributed by atoms with Crippen LogP contribution < -0.4 is 20.8 Å². The average Bonchev–Trinajstić information content (AvgIpc) is 2.69. The molecular formula is C21H19N3O4. The number of carbonyl (C=O) groups excluding carboxylic acids is 2. The largest absolute Gasteiger partial charge is 0.483 e. The first-order valence-corrected chi connectivity index (χ1v) is 8.60. The SMILES string of the molecule is CC(=O)Nc1ccc(NC(=O)c2cc(=O)c(OCc3ccccc3)c[nH]2)cc1. The predicted octanol–water partition coefficient (Wildman–Crippen LogP) is 3.16. The molecule has 0 spiro atoms. The van der Waals surface area contributed by atoms with Gasteiger partial charge in [0.1, 0.15) is 12.3 Å². The second kappa shape index (κ2) is 8.68. The van der Waals surface area contributed by atoms with Crippen LogP contribution in [0.15, 0.2) is 71.7 Å². The van der Waals surface area contributed by atoms with Gasteiger partial charge in [-0.05, 0) is 29.8 Å². The van der Waals surface area contributed by atoms with E-state index in [-0.39, 0.29) is 29.4 Å². The van der Waals surface area contributed by atoms with E-state index in [0.717, 1.165) is 5.56 Å². The van der Waals surface area contributed by atoms with Crippen LogP contribution in [0.3, 0.4) is 0 Å². The van der Waals surface area contributed by atoms with E-state index >= 15 is 0 Å². The highest BCUT2D eigenvalue weighted by molar-refractivity contribution is 6.03. The molecule has 1 heterocycles. The molecule has 3 rings (SSSR count). The number of benzene rings is 2. The average molecular weight is 377 g/mol. The monoisotopic (exact) mass is 377 g/mol. The number of hydrogen-bond donors (Lipinski definition) is 3. The van der Waals surface area contributed by atoms with Gasteiger partial charge in [0.25, 0.3) is 5.91 Å². The van der Waals surface area contributed by atoms with Gasteiger partial charge in [-0.2, -0.15) is 0 Å². The molecule has 3 aromatic rings. The Hall–Kier alpha value is -3.87. The van der Waals surface area contributed by atoms with E-state index in [2.05, 4.69) is 15.6 Å². The van der Waals surface area contributed by atoms with E-state index in [1.165, 1.54) is 19.2 Å². The molecule has 2 amide bonds. The minimum absolute atomic E-state index is 0.114. The molecule has 28 heavy (non-hydrogen) atoms. The van der Waals surface area contributed by atoms with Crippen molar-refractivity contribution < 1.29 is 14.3 Å². The molecule has 0 bridgehead atoms. The maximum atomic E-state index is 12.3. The van der Waals surface area contributed by atoms with Crippen molar-refractivity contribution in [2.75, 3.05) is 10.6 Å². The van der Waals surface area contributed by atoms with Gasteiger partial charge in [0.2, 0.25) is 11.3 Å². The highest BCUT2D eigenvalue weighted by atomic mass is 16.5. The molecule has 0 radical (unpaired) electrons. The molecule has 142 valence electrons. The molecule has 0 atom stereocenters. The molecule has 7 nitrogen and oxygen atoms in total. The third-order valence-corrected chi connectivity index (χ3v) is 3.82. The first-order chi connectivity index (χ1) is 13.5. The molecule has 0 aliphatic heterocycles. The molecule has 2 aromatic carbocycles. The Balaban J connectivity index is 1.63. The second-order valence-corrected chi connectivity index (χ2v) is 6.06. The molecule has 7 heteroatoms. The zero-order valence-electron chi connectivity index (χ0n) is 15.2. The smallest absolute Gasteiger partial charge is 0.272 e. The Bertz CT molecular complexity index is 1030. The van der Waals surface area contributed by atoms with Crippen LogP contribution >= 0.6 is 0 Å². The van der Waals surface area contributed by atoms with Crippen molar-refractivity contribution in [3.05, 3.63) is 88.3 Å². The zero-order valence-corrected chi connectivity index (χ0v) is 15.2. The lowest BCUT2D eigenvalue weighted by Gasteiger charge is -2.08. The van der Waals surface area contributed by atoms with Crippen molar-refractivity contribution in [2.45, 2.75) is 13.5 Å². The lowest BCUT2D eigenvalue weighted by molar-refractivity contribution is -0.114. The number of anilines is 2. The van der Waals surface area contributed by atoms with Gasteiger partial charge < -0.3 is 20.4 Å². The third kappa shape index (κ3) is 5.07. The summed E-state index contributed by atoms with van der Waals surface area (Å²) in [7, 11) is 0. The number of ether oxygens (including phenoxy) is 1. The Kier molecular flexibility index (Phi) is 5.86. The summed E-state index contributed by atoms with van der Waals surface area (Å²) >= 11 is 0. The van der Waals surface area contributed by atoms with Crippen LogP contribution in [0.2, 0.25) is 0 Å². The van der Waals surface area contributed by atoms with Gasteiger partial charge in [-0.15, -0.1) is 0 Å². The minimum Gasteiger partial charge on any atom is -0.483 e. The quantitative estimate of drug-likeness (QED) is 0.614. The number of nitrogens with one attached hydrogen (secondary N) is 3. The maximum Gasteiger partial charge on any atom is 0.272 e. The van der Waals surface area contributed by atoms with E-state index in [1.54, 1.807) is 24.3 Å². The van der Waals surface area contributed by atoms with Gasteiger partial charge in [0.05, 0.1) is 0 Å². The van der Waals surface area contributed by atoms with Gasteiger partial charge in [-0.25, -0.2) is 0 Å². The zero-order chi connectivity index (χ0) is 19.9. The number of pyridine rings is 1.